The van der Waals surface area contributed by atoms with Gasteiger partial charge in [-0.1, -0.05) is 80.6 Å². The maximum atomic E-state index is 13.4. The minimum Gasteiger partial charge on any atom is -0.376 e. The number of rotatable bonds is 7. The van der Waals surface area contributed by atoms with Crippen LogP contribution in [0.4, 0.5) is 5.69 Å². The lowest BCUT2D eigenvalue weighted by atomic mass is 9.84. The summed E-state index contributed by atoms with van der Waals surface area (Å²) < 4.78 is 8.15. The van der Waals surface area contributed by atoms with Crippen molar-refractivity contribution in [2.24, 2.45) is 7.05 Å². The van der Waals surface area contributed by atoms with Crippen molar-refractivity contribution in [3.05, 3.63) is 102 Å². The minimum absolute atomic E-state index is 0.108. The first-order valence-electron chi connectivity index (χ1n) is 12.7. The lowest BCUT2D eigenvalue weighted by Gasteiger charge is -2.39. The van der Waals surface area contributed by atoms with Crippen LogP contribution in [-0.4, -0.2) is 48.2 Å². The van der Waals surface area contributed by atoms with E-state index >= 15 is 0 Å². The van der Waals surface area contributed by atoms with E-state index in [4.69, 9.17) is 4.74 Å². The quantitative estimate of drug-likeness (QED) is 0.343. The molecule has 36 heavy (non-hydrogen) atoms. The molecular weight excluding hydrogens is 446 g/mol. The molecule has 1 aromatic heterocycles. The van der Waals surface area contributed by atoms with E-state index in [-0.39, 0.29) is 11.3 Å². The zero-order valence-corrected chi connectivity index (χ0v) is 21.5. The first kappa shape index (κ1) is 24.1. The van der Waals surface area contributed by atoms with E-state index in [2.05, 4.69) is 67.3 Å². The molecule has 0 aliphatic carbocycles. The van der Waals surface area contributed by atoms with Gasteiger partial charge in [0.2, 0.25) is 0 Å². The lowest BCUT2D eigenvalue weighted by molar-refractivity contribution is 0.0736. The summed E-state index contributed by atoms with van der Waals surface area (Å²) in [5.41, 5.74) is 5.41. The van der Waals surface area contributed by atoms with Crippen molar-refractivity contribution >= 4 is 22.5 Å². The number of piperazine rings is 1. The number of anilines is 1. The topological polar surface area (TPSA) is 37.7 Å². The monoisotopic (exact) mass is 481 g/mol. The van der Waals surface area contributed by atoms with Crippen LogP contribution in [0.15, 0.2) is 84.9 Å². The molecule has 186 valence electrons. The molecule has 5 heteroatoms. The van der Waals surface area contributed by atoms with Crippen molar-refractivity contribution in [1.82, 2.24) is 9.47 Å². The van der Waals surface area contributed by atoms with Crippen molar-refractivity contribution in [2.45, 2.75) is 25.9 Å². The van der Waals surface area contributed by atoms with Crippen LogP contribution in [-0.2, 0) is 23.8 Å². The van der Waals surface area contributed by atoms with Crippen molar-refractivity contribution in [3.63, 3.8) is 0 Å². The zero-order valence-electron chi connectivity index (χ0n) is 21.5. The molecule has 0 N–H and O–H groups in total. The predicted octanol–water partition coefficient (Wildman–Crippen LogP) is 5.64. The molecule has 0 atom stereocenters. The number of amides is 1. The summed E-state index contributed by atoms with van der Waals surface area (Å²) in [6.07, 6.45) is 0. The van der Waals surface area contributed by atoms with Crippen LogP contribution in [0, 0.1) is 0 Å². The van der Waals surface area contributed by atoms with Gasteiger partial charge in [0, 0.05) is 55.2 Å². The summed E-state index contributed by atoms with van der Waals surface area (Å²) in [7, 11) is 1.98. The normalized spacial score (nSPS) is 14.4. The molecular formula is C31H35N3O2. The van der Waals surface area contributed by atoms with Gasteiger partial charge < -0.3 is 19.1 Å². The number of aromatic nitrogens is 1. The Morgan fingerprint density at radius 1 is 0.861 bits per heavy atom. The van der Waals surface area contributed by atoms with E-state index in [1.807, 2.05) is 52.9 Å². The van der Waals surface area contributed by atoms with Gasteiger partial charge in [-0.3, -0.25) is 4.79 Å². The molecule has 1 aliphatic rings. The fourth-order valence-electron chi connectivity index (χ4n) is 5.20. The molecule has 0 saturated carbocycles. The summed E-state index contributed by atoms with van der Waals surface area (Å²) in [6, 6.07) is 29.1. The lowest BCUT2D eigenvalue weighted by Crippen LogP contribution is -2.49. The molecule has 5 rings (SSSR count). The predicted molar refractivity (Wildman–Crippen MR) is 147 cm³/mol. The Kier molecular flexibility index (Phi) is 6.84. The van der Waals surface area contributed by atoms with E-state index in [0.717, 1.165) is 29.7 Å². The largest absolute Gasteiger partial charge is 0.376 e. The van der Waals surface area contributed by atoms with Crippen LogP contribution in [0.1, 0.15) is 35.5 Å². The molecule has 4 aromatic rings. The van der Waals surface area contributed by atoms with Gasteiger partial charge in [0.05, 0.1) is 13.2 Å². The number of hydrogen-bond donors (Lipinski definition) is 0. The molecule has 2 heterocycles. The van der Waals surface area contributed by atoms with Crippen molar-refractivity contribution in [3.8, 4) is 0 Å². The number of benzene rings is 3. The molecule has 5 nitrogen and oxygen atoms in total. The summed E-state index contributed by atoms with van der Waals surface area (Å²) in [4.78, 5) is 17.8. The number of ether oxygens (including phenoxy) is 1. The Bertz CT molecular complexity index is 1330. The summed E-state index contributed by atoms with van der Waals surface area (Å²) in [5.74, 6) is 0.108. The van der Waals surface area contributed by atoms with Crippen molar-refractivity contribution < 1.29 is 9.53 Å². The molecule has 1 fully saturated rings. The van der Waals surface area contributed by atoms with Crippen LogP contribution >= 0.6 is 0 Å². The first-order valence-corrected chi connectivity index (χ1v) is 12.7. The molecule has 3 aromatic carbocycles. The molecule has 0 bridgehead atoms. The van der Waals surface area contributed by atoms with Gasteiger partial charge in [0.25, 0.3) is 5.91 Å². The average molecular weight is 482 g/mol. The fourth-order valence-corrected chi connectivity index (χ4v) is 5.20. The second kappa shape index (κ2) is 10.2. The van der Waals surface area contributed by atoms with E-state index in [1.165, 1.54) is 16.8 Å². The summed E-state index contributed by atoms with van der Waals surface area (Å²) >= 11 is 0. The molecule has 0 spiro atoms. The first-order chi connectivity index (χ1) is 17.4. The molecule has 0 radical (unpaired) electrons. The number of nitrogens with zero attached hydrogens (tertiary/aromatic N) is 3. The number of fused-ring (bicyclic) bond motifs is 1. The fraction of sp³-hybridized carbons (Fsp3) is 0.323. The maximum absolute atomic E-state index is 13.4. The minimum atomic E-state index is -0.137. The second-order valence-electron chi connectivity index (χ2n) is 10.3. The van der Waals surface area contributed by atoms with Gasteiger partial charge in [-0.15, -0.1) is 0 Å². The summed E-state index contributed by atoms with van der Waals surface area (Å²) in [6.45, 7) is 8.79. The Labute approximate surface area is 213 Å². The van der Waals surface area contributed by atoms with Crippen molar-refractivity contribution in [2.75, 3.05) is 37.7 Å². The number of carbonyl (C=O) groups is 1. The van der Waals surface area contributed by atoms with Crippen molar-refractivity contribution in [1.29, 1.82) is 0 Å². The third-order valence-corrected chi connectivity index (χ3v) is 7.29. The van der Waals surface area contributed by atoms with E-state index in [0.29, 0.717) is 26.3 Å². The zero-order chi connectivity index (χ0) is 25.1. The van der Waals surface area contributed by atoms with Crippen LogP contribution in [0.3, 0.4) is 0 Å². The molecule has 1 amide bonds. The Morgan fingerprint density at radius 3 is 2.28 bits per heavy atom. The van der Waals surface area contributed by atoms with E-state index in [1.54, 1.807) is 0 Å². The highest BCUT2D eigenvalue weighted by Crippen LogP contribution is 2.33. The van der Waals surface area contributed by atoms with Gasteiger partial charge >= 0.3 is 0 Å². The average Bonchev–Trinajstić information content (AvgIpc) is 3.25. The highest BCUT2D eigenvalue weighted by atomic mass is 16.5. The van der Waals surface area contributed by atoms with Gasteiger partial charge in [-0.2, -0.15) is 0 Å². The molecule has 1 aliphatic heterocycles. The Balaban J connectivity index is 1.25. The Morgan fingerprint density at radius 2 is 1.53 bits per heavy atom. The maximum Gasteiger partial charge on any atom is 0.270 e. The van der Waals surface area contributed by atoms with Crippen LogP contribution < -0.4 is 4.90 Å². The highest BCUT2D eigenvalue weighted by molar-refractivity contribution is 5.98. The van der Waals surface area contributed by atoms with Crippen LogP contribution in [0.5, 0.6) is 0 Å². The number of aryl methyl sites for hydroxylation is 1. The SMILES string of the molecule is Cn1c(C(=O)N2CCN(c3ccccc3C(C)(C)COCc3ccccc3)CC2)cc2ccccc21. The molecule has 1 saturated heterocycles. The number of hydrogen-bond acceptors (Lipinski definition) is 3. The van der Waals surface area contributed by atoms with Crippen LogP contribution in [0.2, 0.25) is 0 Å². The summed E-state index contributed by atoms with van der Waals surface area (Å²) in [5, 5.41) is 1.10. The highest BCUT2D eigenvalue weighted by Gasteiger charge is 2.29. The van der Waals surface area contributed by atoms with E-state index in [9.17, 15) is 4.79 Å². The molecule has 0 unspecified atom stereocenters. The van der Waals surface area contributed by atoms with Gasteiger partial charge in [-0.25, -0.2) is 0 Å². The third kappa shape index (κ3) is 4.89. The second-order valence-corrected chi connectivity index (χ2v) is 10.3. The third-order valence-electron chi connectivity index (χ3n) is 7.29. The number of para-hydroxylation sites is 2. The van der Waals surface area contributed by atoms with Gasteiger partial charge in [0.15, 0.2) is 0 Å². The van der Waals surface area contributed by atoms with E-state index < -0.39 is 0 Å². The standard InChI is InChI=1S/C31H35N3O2/c1-31(2,23-36-22-24-11-5-4-6-12-24)26-14-8-10-16-28(26)33-17-19-34(20-18-33)30(35)29-21-25-13-7-9-15-27(25)32(29)3/h4-16,21H,17-20,22-23H2,1-3H3. The van der Waals surface area contributed by atoms with Crippen LogP contribution in [0.25, 0.3) is 10.9 Å². The Hall–Kier alpha value is -3.57. The van der Waals surface area contributed by atoms with Gasteiger partial charge in [0.1, 0.15) is 5.69 Å². The smallest absolute Gasteiger partial charge is 0.270 e. The number of carbonyl (C=O) groups excluding carboxylic acids is 1. The van der Waals surface area contributed by atoms with Gasteiger partial charge in [-0.05, 0) is 29.3 Å².